The average Bonchev–Trinajstić information content (AvgIpc) is 2.60. The molecule has 0 heterocycles. The fraction of sp³-hybridized carbons (Fsp3) is 0.235. The van der Waals surface area contributed by atoms with E-state index in [0.717, 1.165) is 12.3 Å². The Labute approximate surface area is 163 Å². The van der Waals surface area contributed by atoms with Crippen LogP contribution in [-0.2, 0) is 26.4 Å². The first kappa shape index (κ1) is 21.4. The Morgan fingerprint density at radius 2 is 1.67 bits per heavy atom. The van der Waals surface area contributed by atoms with E-state index in [1.165, 1.54) is 12.1 Å². The van der Waals surface area contributed by atoms with Crippen molar-refractivity contribution < 1.29 is 21.6 Å². The van der Waals surface area contributed by atoms with Gasteiger partial charge in [-0.2, -0.15) is 0 Å². The Bertz CT molecular complexity index is 1050. The number of benzene rings is 2. The third-order valence-electron chi connectivity index (χ3n) is 3.64. The zero-order valence-electron chi connectivity index (χ0n) is 14.7. The van der Waals surface area contributed by atoms with Crippen LogP contribution in [0, 0.1) is 0 Å². The van der Waals surface area contributed by atoms with Crippen molar-refractivity contribution >= 4 is 37.4 Å². The zero-order valence-corrected chi connectivity index (χ0v) is 17.1. The number of hydrogen-bond acceptors (Lipinski definition) is 5. The number of nitrogens with one attached hydrogen (secondary N) is 2. The van der Waals surface area contributed by atoms with Crippen LogP contribution in [0.25, 0.3) is 0 Å². The van der Waals surface area contributed by atoms with E-state index >= 15 is 0 Å². The summed E-state index contributed by atoms with van der Waals surface area (Å²) in [5.74, 6) is -0.214. The second-order valence-electron chi connectivity index (χ2n) is 5.75. The van der Waals surface area contributed by atoms with E-state index in [1.807, 2.05) is 6.92 Å². The van der Waals surface area contributed by atoms with Crippen molar-refractivity contribution in [3.63, 3.8) is 0 Å². The van der Waals surface area contributed by atoms with Crippen LogP contribution < -0.4 is 10.0 Å². The third kappa shape index (κ3) is 5.52. The Morgan fingerprint density at radius 1 is 1.04 bits per heavy atom. The average molecular weight is 431 g/mol. The van der Waals surface area contributed by atoms with Gasteiger partial charge < -0.3 is 5.32 Å². The molecule has 27 heavy (non-hydrogen) atoms. The first-order valence-corrected chi connectivity index (χ1v) is 11.7. The fourth-order valence-electron chi connectivity index (χ4n) is 2.21. The molecule has 0 aliphatic rings. The minimum absolute atomic E-state index is 0.0442. The van der Waals surface area contributed by atoms with Crippen LogP contribution in [0.3, 0.4) is 0 Å². The molecule has 0 aromatic heterocycles. The third-order valence-corrected chi connectivity index (χ3v) is 6.63. The van der Waals surface area contributed by atoms with Gasteiger partial charge in [-0.1, -0.05) is 23.7 Å². The van der Waals surface area contributed by atoms with Crippen LogP contribution in [0.1, 0.15) is 22.8 Å². The number of carbonyl (C=O) groups is 1. The maximum atomic E-state index is 12.5. The highest BCUT2D eigenvalue weighted by Crippen LogP contribution is 2.25. The summed E-state index contributed by atoms with van der Waals surface area (Å²) in [6, 6.07) is 9.93. The van der Waals surface area contributed by atoms with E-state index in [1.54, 1.807) is 24.3 Å². The van der Waals surface area contributed by atoms with Crippen molar-refractivity contribution in [3.05, 3.63) is 58.6 Å². The second-order valence-corrected chi connectivity index (χ2v) is 9.90. The predicted octanol–water partition coefficient (Wildman–Crippen LogP) is 1.97. The number of amides is 1. The maximum absolute atomic E-state index is 12.5. The molecule has 0 saturated carbocycles. The summed E-state index contributed by atoms with van der Waals surface area (Å²) >= 11 is 5.94. The minimum atomic E-state index is -4.03. The molecule has 2 rings (SSSR count). The van der Waals surface area contributed by atoms with Gasteiger partial charge in [-0.15, -0.1) is 0 Å². The largest absolute Gasteiger partial charge is 0.352 e. The Balaban J connectivity index is 2.19. The van der Waals surface area contributed by atoms with E-state index in [0.29, 0.717) is 17.7 Å². The van der Waals surface area contributed by atoms with Crippen molar-refractivity contribution in [2.24, 2.45) is 0 Å². The highest BCUT2D eigenvalue weighted by molar-refractivity contribution is 7.91. The van der Waals surface area contributed by atoms with Crippen LogP contribution in [-0.4, -0.2) is 35.5 Å². The van der Waals surface area contributed by atoms with Crippen LogP contribution in [0.2, 0.25) is 5.02 Å². The normalized spacial score (nSPS) is 12.0. The summed E-state index contributed by atoms with van der Waals surface area (Å²) in [6.45, 7) is 2.27. The van der Waals surface area contributed by atoms with Gasteiger partial charge in [0.15, 0.2) is 9.84 Å². The zero-order chi connectivity index (χ0) is 20.2. The summed E-state index contributed by atoms with van der Waals surface area (Å²) in [6.07, 6.45) is 0.982. The molecule has 2 aromatic rings. The van der Waals surface area contributed by atoms with Crippen molar-refractivity contribution in [2.45, 2.75) is 23.3 Å². The number of sulfonamides is 1. The van der Waals surface area contributed by atoms with Crippen molar-refractivity contribution in [1.82, 2.24) is 10.0 Å². The molecule has 1 amide bonds. The highest BCUT2D eigenvalue weighted by atomic mass is 35.5. The van der Waals surface area contributed by atoms with Gasteiger partial charge in [-0.25, -0.2) is 21.6 Å². The first-order chi connectivity index (χ1) is 12.5. The number of carbonyl (C=O) groups excluding carboxylic acids is 1. The van der Waals surface area contributed by atoms with Gasteiger partial charge in [0.25, 0.3) is 5.91 Å². The van der Waals surface area contributed by atoms with E-state index in [9.17, 15) is 21.6 Å². The highest BCUT2D eigenvalue weighted by Gasteiger charge is 2.20. The van der Waals surface area contributed by atoms with E-state index in [4.69, 9.17) is 11.6 Å². The van der Waals surface area contributed by atoms with Crippen LogP contribution in [0.15, 0.2) is 52.3 Å². The number of rotatable bonds is 7. The summed E-state index contributed by atoms with van der Waals surface area (Å²) in [7, 11) is -7.61. The molecule has 2 aromatic carbocycles. The summed E-state index contributed by atoms with van der Waals surface area (Å²) in [5, 5.41) is 2.59. The smallest absolute Gasteiger partial charge is 0.251 e. The quantitative estimate of drug-likeness (QED) is 0.697. The summed E-state index contributed by atoms with van der Waals surface area (Å²) < 4.78 is 50.7. The van der Waals surface area contributed by atoms with E-state index in [2.05, 4.69) is 10.0 Å². The van der Waals surface area contributed by atoms with Gasteiger partial charge in [0.05, 0.1) is 9.92 Å². The molecule has 0 bridgehead atoms. The van der Waals surface area contributed by atoms with Crippen molar-refractivity contribution in [2.75, 3.05) is 12.8 Å². The standard InChI is InChI=1S/C17H19ClN2O5S2/c1-3-19-17(21)13-6-4-12(5-7-13)11-20-27(24,25)16-10-14(26(2,22)23)8-9-15(16)18/h4-10,20H,3,11H2,1-2H3,(H,19,21). The van der Waals surface area contributed by atoms with Crippen LogP contribution in [0.5, 0.6) is 0 Å². The molecular weight excluding hydrogens is 412 g/mol. The Hall–Kier alpha value is -1.94. The number of halogens is 1. The Kier molecular flexibility index (Phi) is 6.63. The molecule has 0 aliphatic heterocycles. The molecule has 2 N–H and O–H groups in total. The van der Waals surface area contributed by atoms with Crippen LogP contribution in [0.4, 0.5) is 0 Å². The Morgan fingerprint density at radius 3 is 2.22 bits per heavy atom. The van der Waals surface area contributed by atoms with Gasteiger partial charge in [-0.3, -0.25) is 4.79 Å². The first-order valence-electron chi connectivity index (χ1n) is 7.91. The van der Waals surface area contributed by atoms with Gasteiger partial charge in [0, 0.05) is 24.9 Å². The second kappa shape index (κ2) is 8.39. The molecule has 0 atom stereocenters. The summed E-state index contributed by atoms with van der Waals surface area (Å²) in [4.78, 5) is 11.3. The topological polar surface area (TPSA) is 109 Å². The molecule has 0 aliphatic carbocycles. The molecule has 10 heteroatoms. The van der Waals surface area contributed by atoms with Gasteiger partial charge >= 0.3 is 0 Å². The summed E-state index contributed by atoms with van der Waals surface area (Å²) in [5.41, 5.74) is 1.09. The molecule has 0 radical (unpaired) electrons. The molecule has 146 valence electrons. The van der Waals surface area contributed by atoms with Gasteiger partial charge in [0.1, 0.15) is 4.90 Å². The lowest BCUT2D eigenvalue weighted by atomic mass is 10.1. The minimum Gasteiger partial charge on any atom is -0.352 e. The van der Waals surface area contributed by atoms with E-state index < -0.39 is 19.9 Å². The molecule has 7 nitrogen and oxygen atoms in total. The predicted molar refractivity (Wildman–Crippen MR) is 103 cm³/mol. The molecule has 0 fully saturated rings. The maximum Gasteiger partial charge on any atom is 0.251 e. The van der Waals surface area contributed by atoms with Gasteiger partial charge in [0.2, 0.25) is 10.0 Å². The number of sulfone groups is 1. The molecule has 0 spiro atoms. The van der Waals surface area contributed by atoms with Crippen LogP contribution >= 0.6 is 11.6 Å². The lowest BCUT2D eigenvalue weighted by Crippen LogP contribution is -2.24. The van der Waals surface area contributed by atoms with Crippen molar-refractivity contribution in [3.8, 4) is 0 Å². The number of hydrogen-bond donors (Lipinski definition) is 2. The lowest BCUT2D eigenvalue weighted by molar-refractivity contribution is 0.0956. The fourth-order valence-corrected chi connectivity index (χ4v) is 4.48. The molecule has 0 saturated heterocycles. The molecular formula is C17H19ClN2O5S2. The van der Waals surface area contributed by atoms with Crippen molar-refractivity contribution in [1.29, 1.82) is 0 Å². The van der Waals surface area contributed by atoms with Gasteiger partial charge in [-0.05, 0) is 42.8 Å². The van der Waals surface area contributed by atoms with E-state index in [-0.39, 0.29) is 27.3 Å². The lowest BCUT2D eigenvalue weighted by Gasteiger charge is -2.10. The monoisotopic (exact) mass is 430 g/mol. The molecule has 0 unspecified atom stereocenters. The SMILES string of the molecule is CCNC(=O)c1ccc(CNS(=O)(=O)c2cc(S(C)(=O)=O)ccc2Cl)cc1.